The predicted molar refractivity (Wildman–Crippen MR) is 121 cm³/mol. The summed E-state index contributed by atoms with van der Waals surface area (Å²) in [7, 11) is 0. The van der Waals surface area contributed by atoms with E-state index >= 15 is 0 Å². The standard InChI is InChI=1S/C24H32N4O2/c1-18-9-11-28(12-10-18)17-20-5-3-19(4-6-20)16-26-24(25)27-21-7-8-22-23(15-21)30-14-2-13-29-22/h3-8,15,18H,2,9-14,16-17H2,1H3,(H3,25,26,27). The number of hydrogen-bond donors (Lipinski definition) is 2. The summed E-state index contributed by atoms with van der Waals surface area (Å²) >= 11 is 0. The molecule has 1 fully saturated rings. The molecule has 6 nitrogen and oxygen atoms in total. The van der Waals surface area contributed by atoms with Gasteiger partial charge in [0.15, 0.2) is 17.5 Å². The van der Waals surface area contributed by atoms with E-state index in [1.807, 2.05) is 18.2 Å². The van der Waals surface area contributed by atoms with E-state index in [-0.39, 0.29) is 0 Å². The average molecular weight is 409 g/mol. The number of aliphatic imine (C=N–C) groups is 1. The Morgan fingerprint density at radius 3 is 2.50 bits per heavy atom. The molecular formula is C24H32N4O2. The van der Waals surface area contributed by atoms with Gasteiger partial charge in [-0.3, -0.25) is 4.90 Å². The normalized spacial score (nSPS) is 18.1. The average Bonchev–Trinajstić information content (AvgIpc) is 3.00. The Labute approximate surface area is 179 Å². The van der Waals surface area contributed by atoms with Crippen LogP contribution in [0.2, 0.25) is 0 Å². The smallest absolute Gasteiger partial charge is 0.193 e. The zero-order chi connectivity index (χ0) is 20.8. The van der Waals surface area contributed by atoms with Crippen molar-refractivity contribution in [3.63, 3.8) is 0 Å². The van der Waals surface area contributed by atoms with Crippen molar-refractivity contribution in [2.24, 2.45) is 16.6 Å². The van der Waals surface area contributed by atoms with Gasteiger partial charge in [0.1, 0.15) is 0 Å². The summed E-state index contributed by atoms with van der Waals surface area (Å²) < 4.78 is 11.4. The first kappa shape index (κ1) is 20.5. The van der Waals surface area contributed by atoms with Crippen molar-refractivity contribution in [3.8, 4) is 11.5 Å². The van der Waals surface area contributed by atoms with Crippen LogP contribution in [-0.2, 0) is 13.1 Å². The third-order valence-corrected chi connectivity index (χ3v) is 5.76. The molecule has 1 saturated heterocycles. The van der Waals surface area contributed by atoms with E-state index in [0.717, 1.165) is 41.6 Å². The Hall–Kier alpha value is -2.73. The van der Waals surface area contributed by atoms with Gasteiger partial charge in [0, 0.05) is 24.7 Å². The maximum absolute atomic E-state index is 6.09. The van der Waals surface area contributed by atoms with Crippen LogP contribution in [0.5, 0.6) is 11.5 Å². The van der Waals surface area contributed by atoms with E-state index in [2.05, 4.69) is 46.4 Å². The van der Waals surface area contributed by atoms with Gasteiger partial charge in [-0.1, -0.05) is 31.2 Å². The van der Waals surface area contributed by atoms with Gasteiger partial charge in [-0.05, 0) is 55.1 Å². The molecule has 0 saturated carbocycles. The molecular weight excluding hydrogens is 376 g/mol. The molecule has 0 unspecified atom stereocenters. The molecule has 6 heteroatoms. The molecule has 3 N–H and O–H groups in total. The van der Waals surface area contributed by atoms with Gasteiger partial charge in [-0.25, -0.2) is 4.99 Å². The molecule has 0 radical (unpaired) electrons. The third-order valence-electron chi connectivity index (χ3n) is 5.76. The highest BCUT2D eigenvalue weighted by atomic mass is 16.5. The summed E-state index contributed by atoms with van der Waals surface area (Å²) in [5.74, 6) is 2.76. The molecule has 160 valence electrons. The molecule has 0 aromatic heterocycles. The highest BCUT2D eigenvalue weighted by molar-refractivity contribution is 5.92. The zero-order valence-electron chi connectivity index (χ0n) is 17.8. The fourth-order valence-electron chi connectivity index (χ4n) is 3.83. The van der Waals surface area contributed by atoms with Crippen molar-refractivity contribution in [3.05, 3.63) is 53.6 Å². The molecule has 0 bridgehead atoms. The summed E-state index contributed by atoms with van der Waals surface area (Å²) in [5.41, 5.74) is 9.43. The summed E-state index contributed by atoms with van der Waals surface area (Å²) in [6.07, 6.45) is 3.50. The number of anilines is 1. The number of guanidine groups is 1. The fourth-order valence-corrected chi connectivity index (χ4v) is 3.83. The van der Waals surface area contributed by atoms with Gasteiger partial charge in [-0.2, -0.15) is 0 Å². The minimum absolute atomic E-state index is 0.385. The number of nitrogens with one attached hydrogen (secondary N) is 1. The number of nitrogens with zero attached hydrogens (tertiary/aromatic N) is 2. The van der Waals surface area contributed by atoms with E-state index in [9.17, 15) is 0 Å². The largest absolute Gasteiger partial charge is 0.490 e. The number of fused-ring (bicyclic) bond motifs is 1. The number of ether oxygens (including phenoxy) is 2. The molecule has 2 aromatic rings. The lowest BCUT2D eigenvalue weighted by molar-refractivity contribution is 0.185. The van der Waals surface area contributed by atoms with Crippen LogP contribution in [0.1, 0.15) is 37.3 Å². The van der Waals surface area contributed by atoms with Crippen molar-refractivity contribution < 1.29 is 9.47 Å². The molecule has 2 aliphatic heterocycles. The minimum Gasteiger partial charge on any atom is -0.490 e. The van der Waals surface area contributed by atoms with E-state index in [4.69, 9.17) is 15.2 Å². The SMILES string of the molecule is CC1CCN(Cc2ccc(CN=C(N)Nc3ccc4c(c3)OCCCO4)cc2)CC1. The topological polar surface area (TPSA) is 72.1 Å². The van der Waals surface area contributed by atoms with Crippen LogP contribution in [0.4, 0.5) is 5.69 Å². The zero-order valence-corrected chi connectivity index (χ0v) is 17.8. The number of piperidine rings is 1. The van der Waals surface area contributed by atoms with E-state index in [0.29, 0.717) is 25.7 Å². The van der Waals surface area contributed by atoms with Crippen LogP contribution in [0, 0.1) is 5.92 Å². The number of benzene rings is 2. The molecule has 0 spiro atoms. The van der Waals surface area contributed by atoms with Gasteiger partial charge in [0.2, 0.25) is 0 Å². The van der Waals surface area contributed by atoms with Crippen molar-refractivity contribution in [1.82, 2.24) is 4.90 Å². The van der Waals surface area contributed by atoms with Crippen LogP contribution in [0.25, 0.3) is 0 Å². The number of hydrogen-bond acceptors (Lipinski definition) is 4. The predicted octanol–water partition coefficient (Wildman–Crippen LogP) is 4.01. The van der Waals surface area contributed by atoms with Crippen molar-refractivity contribution >= 4 is 11.6 Å². The second kappa shape index (κ2) is 9.85. The molecule has 4 rings (SSSR count). The Balaban J connectivity index is 1.29. The molecule has 2 aromatic carbocycles. The van der Waals surface area contributed by atoms with Crippen molar-refractivity contribution in [1.29, 1.82) is 0 Å². The van der Waals surface area contributed by atoms with Gasteiger partial charge in [0.25, 0.3) is 0 Å². The minimum atomic E-state index is 0.385. The van der Waals surface area contributed by atoms with E-state index in [1.54, 1.807) is 0 Å². The molecule has 2 heterocycles. The fraction of sp³-hybridized carbons (Fsp3) is 0.458. The Morgan fingerprint density at radius 1 is 1.03 bits per heavy atom. The van der Waals surface area contributed by atoms with Gasteiger partial charge < -0.3 is 20.5 Å². The lowest BCUT2D eigenvalue weighted by Crippen LogP contribution is -2.32. The lowest BCUT2D eigenvalue weighted by Gasteiger charge is -2.30. The first-order chi connectivity index (χ1) is 14.7. The van der Waals surface area contributed by atoms with Crippen LogP contribution in [0.3, 0.4) is 0 Å². The molecule has 2 aliphatic rings. The summed E-state index contributed by atoms with van der Waals surface area (Å²) in [5, 5.41) is 3.14. The maximum Gasteiger partial charge on any atom is 0.193 e. The van der Waals surface area contributed by atoms with Crippen LogP contribution in [-0.4, -0.2) is 37.2 Å². The molecule has 0 amide bonds. The van der Waals surface area contributed by atoms with Gasteiger partial charge >= 0.3 is 0 Å². The van der Waals surface area contributed by atoms with E-state index < -0.39 is 0 Å². The van der Waals surface area contributed by atoms with Crippen LogP contribution < -0.4 is 20.5 Å². The first-order valence-electron chi connectivity index (χ1n) is 10.9. The van der Waals surface area contributed by atoms with E-state index in [1.165, 1.54) is 31.5 Å². The highest BCUT2D eigenvalue weighted by Gasteiger charge is 2.15. The summed E-state index contributed by atoms with van der Waals surface area (Å²) in [6, 6.07) is 14.4. The number of likely N-dealkylation sites (tertiary alicyclic amines) is 1. The second-order valence-electron chi connectivity index (χ2n) is 8.31. The Morgan fingerprint density at radius 2 is 1.73 bits per heavy atom. The molecule has 0 atom stereocenters. The summed E-state index contributed by atoms with van der Waals surface area (Å²) in [4.78, 5) is 7.02. The van der Waals surface area contributed by atoms with Gasteiger partial charge in [-0.15, -0.1) is 0 Å². The maximum atomic E-state index is 6.09. The quantitative estimate of drug-likeness (QED) is 0.578. The number of rotatable bonds is 5. The van der Waals surface area contributed by atoms with Crippen LogP contribution >= 0.6 is 0 Å². The van der Waals surface area contributed by atoms with Crippen LogP contribution in [0.15, 0.2) is 47.5 Å². The highest BCUT2D eigenvalue weighted by Crippen LogP contribution is 2.32. The van der Waals surface area contributed by atoms with Crippen molar-refractivity contribution in [2.45, 2.75) is 39.3 Å². The Kier molecular flexibility index (Phi) is 6.74. The Bertz CT molecular complexity index is 858. The van der Waals surface area contributed by atoms with Gasteiger partial charge in [0.05, 0.1) is 19.8 Å². The second-order valence-corrected chi connectivity index (χ2v) is 8.31. The van der Waals surface area contributed by atoms with Crippen molar-refractivity contribution in [2.75, 3.05) is 31.6 Å². The number of nitrogens with two attached hydrogens (primary N) is 1. The monoisotopic (exact) mass is 408 g/mol. The summed E-state index contributed by atoms with van der Waals surface area (Å²) in [6.45, 7) is 7.67. The third kappa shape index (κ3) is 5.66. The molecule has 0 aliphatic carbocycles. The first-order valence-corrected chi connectivity index (χ1v) is 10.9. The lowest BCUT2D eigenvalue weighted by atomic mass is 9.99. The molecule has 30 heavy (non-hydrogen) atoms.